The first-order valence-corrected chi connectivity index (χ1v) is 5.64. The third-order valence-corrected chi connectivity index (χ3v) is 3.81. The Morgan fingerprint density at radius 2 is 1.60 bits per heavy atom. The van der Waals surface area contributed by atoms with Crippen molar-refractivity contribution in [2.45, 2.75) is 13.5 Å². The van der Waals surface area contributed by atoms with Gasteiger partial charge >= 0.3 is 0 Å². The fourth-order valence-corrected chi connectivity index (χ4v) is 2.27. The summed E-state index contributed by atoms with van der Waals surface area (Å²) in [4.78, 5) is 0. The molecular weight excluding hydrogens is 280 g/mol. The van der Waals surface area contributed by atoms with E-state index in [-0.39, 0.29) is 15.1 Å². The SMILES string of the molecule is CCn1nnc2c(Cl)c(Cl)c(Cl)c(Cl)c21. The number of nitrogens with zero attached hydrogens (tertiary/aromatic N) is 3. The fraction of sp³-hybridized carbons (Fsp3) is 0.250. The molecule has 0 radical (unpaired) electrons. The molecule has 0 aliphatic heterocycles. The summed E-state index contributed by atoms with van der Waals surface area (Å²) >= 11 is 23.9. The van der Waals surface area contributed by atoms with Crippen LogP contribution in [0.3, 0.4) is 0 Å². The molecule has 0 spiro atoms. The molecule has 1 heterocycles. The van der Waals surface area contributed by atoms with Crippen molar-refractivity contribution in [3.63, 3.8) is 0 Å². The predicted molar refractivity (Wildman–Crippen MR) is 63.2 cm³/mol. The average molecular weight is 285 g/mol. The lowest BCUT2D eigenvalue weighted by Gasteiger charge is -2.04. The van der Waals surface area contributed by atoms with Gasteiger partial charge in [-0.05, 0) is 6.92 Å². The van der Waals surface area contributed by atoms with Crippen LogP contribution in [0, 0.1) is 0 Å². The molecule has 0 saturated carbocycles. The fourth-order valence-electron chi connectivity index (χ4n) is 1.30. The Morgan fingerprint density at radius 1 is 1.00 bits per heavy atom. The van der Waals surface area contributed by atoms with Gasteiger partial charge in [0, 0.05) is 6.54 Å². The van der Waals surface area contributed by atoms with E-state index in [0.29, 0.717) is 22.6 Å². The van der Waals surface area contributed by atoms with Gasteiger partial charge in [-0.1, -0.05) is 51.6 Å². The summed E-state index contributed by atoms with van der Waals surface area (Å²) in [6.07, 6.45) is 0. The lowest BCUT2D eigenvalue weighted by atomic mass is 10.3. The van der Waals surface area contributed by atoms with Crippen molar-refractivity contribution in [1.82, 2.24) is 15.0 Å². The zero-order chi connectivity index (χ0) is 11.2. The lowest BCUT2D eigenvalue weighted by Crippen LogP contribution is -1.96. The van der Waals surface area contributed by atoms with Crippen molar-refractivity contribution < 1.29 is 0 Å². The van der Waals surface area contributed by atoms with E-state index in [4.69, 9.17) is 46.4 Å². The molecule has 15 heavy (non-hydrogen) atoms. The Balaban J connectivity index is 2.97. The molecule has 0 aliphatic rings. The Bertz CT molecular complexity index is 534. The molecule has 0 unspecified atom stereocenters. The second-order valence-corrected chi connectivity index (χ2v) is 4.37. The zero-order valence-corrected chi connectivity index (χ0v) is 10.6. The second-order valence-electron chi connectivity index (χ2n) is 2.86. The Kier molecular flexibility index (Phi) is 2.99. The third-order valence-electron chi connectivity index (χ3n) is 2.03. The number of rotatable bonds is 1. The summed E-state index contributed by atoms with van der Waals surface area (Å²) < 4.78 is 1.62. The first-order chi connectivity index (χ1) is 7.07. The number of benzene rings is 1. The van der Waals surface area contributed by atoms with E-state index in [2.05, 4.69) is 10.3 Å². The Morgan fingerprint density at radius 3 is 2.20 bits per heavy atom. The summed E-state index contributed by atoms with van der Waals surface area (Å²) in [6, 6.07) is 0. The largest absolute Gasteiger partial charge is 0.243 e. The van der Waals surface area contributed by atoms with Gasteiger partial charge in [0.15, 0.2) is 0 Å². The topological polar surface area (TPSA) is 30.7 Å². The normalized spacial score (nSPS) is 11.3. The number of hydrogen-bond acceptors (Lipinski definition) is 2. The van der Waals surface area contributed by atoms with Crippen LogP contribution in [0.2, 0.25) is 20.1 Å². The van der Waals surface area contributed by atoms with Crippen molar-refractivity contribution in [3.05, 3.63) is 20.1 Å². The van der Waals surface area contributed by atoms with Gasteiger partial charge < -0.3 is 0 Å². The van der Waals surface area contributed by atoms with Crippen molar-refractivity contribution in [3.8, 4) is 0 Å². The van der Waals surface area contributed by atoms with Crippen molar-refractivity contribution in [2.75, 3.05) is 0 Å². The second kappa shape index (κ2) is 3.98. The van der Waals surface area contributed by atoms with Gasteiger partial charge in [0.1, 0.15) is 11.0 Å². The van der Waals surface area contributed by atoms with Crippen LogP contribution in [-0.4, -0.2) is 15.0 Å². The number of fused-ring (bicyclic) bond motifs is 1. The van der Waals surface area contributed by atoms with E-state index in [1.165, 1.54) is 0 Å². The molecule has 7 heteroatoms. The average Bonchev–Trinajstić information content (AvgIpc) is 2.67. The smallest absolute Gasteiger partial charge is 0.134 e. The van der Waals surface area contributed by atoms with Crippen molar-refractivity contribution in [2.24, 2.45) is 0 Å². The van der Waals surface area contributed by atoms with E-state index in [0.717, 1.165) is 0 Å². The highest BCUT2D eigenvalue weighted by Gasteiger charge is 2.19. The number of halogens is 4. The molecule has 0 fully saturated rings. The van der Waals surface area contributed by atoms with Crippen LogP contribution >= 0.6 is 46.4 Å². The highest BCUT2D eigenvalue weighted by molar-refractivity contribution is 6.54. The molecule has 1 aromatic heterocycles. The monoisotopic (exact) mass is 283 g/mol. The summed E-state index contributed by atoms with van der Waals surface area (Å²) in [5, 5.41) is 8.85. The van der Waals surface area contributed by atoms with Crippen LogP contribution in [0.5, 0.6) is 0 Å². The molecule has 80 valence electrons. The first kappa shape index (κ1) is 11.3. The molecule has 0 saturated heterocycles. The van der Waals surface area contributed by atoms with E-state index >= 15 is 0 Å². The van der Waals surface area contributed by atoms with Gasteiger partial charge in [0.2, 0.25) is 0 Å². The van der Waals surface area contributed by atoms with Crippen molar-refractivity contribution in [1.29, 1.82) is 0 Å². The number of aromatic nitrogens is 3. The minimum absolute atomic E-state index is 0.207. The molecule has 0 N–H and O–H groups in total. The molecule has 0 atom stereocenters. The summed E-state index contributed by atoms with van der Waals surface area (Å²) in [6.45, 7) is 2.55. The lowest BCUT2D eigenvalue weighted by molar-refractivity contribution is 0.646. The molecule has 1 aromatic carbocycles. The van der Waals surface area contributed by atoms with Gasteiger partial charge in [-0.15, -0.1) is 5.10 Å². The zero-order valence-electron chi connectivity index (χ0n) is 7.56. The number of hydrogen-bond donors (Lipinski definition) is 0. The third kappa shape index (κ3) is 1.58. The van der Waals surface area contributed by atoms with Gasteiger partial charge in [-0.25, -0.2) is 4.68 Å². The first-order valence-electron chi connectivity index (χ1n) is 4.13. The molecule has 0 amide bonds. The molecule has 3 nitrogen and oxygen atoms in total. The van der Waals surface area contributed by atoms with E-state index in [1.54, 1.807) is 4.68 Å². The summed E-state index contributed by atoms with van der Waals surface area (Å²) in [7, 11) is 0. The van der Waals surface area contributed by atoms with Crippen LogP contribution in [0.15, 0.2) is 0 Å². The standard InChI is InChI=1S/C8H5Cl4N3/c1-2-15-8-6(12)4(10)3(9)5(11)7(8)13-14-15/h2H2,1H3. The van der Waals surface area contributed by atoms with E-state index in [9.17, 15) is 0 Å². The van der Waals surface area contributed by atoms with Crippen LogP contribution < -0.4 is 0 Å². The minimum atomic E-state index is 0.207. The molecule has 2 aromatic rings. The van der Waals surface area contributed by atoms with E-state index < -0.39 is 0 Å². The van der Waals surface area contributed by atoms with Crippen molar-refractivity contribution >= 4 is 57.4 Å². The molecule has 0 bridgehead atoms. The van der Waals surface area contributed by atoms with Crippen LogP contribution in [0.25, 0.3) is 11.0 Å². The van der Waals surface area contributed by atoms with Gasteiger partial charge in [0.25, 0.3) is 0 Å². The number of aryl methyl sites for hydroxylation is 1. The highest BCUT2D eigenvalue weighted by Crippen LogP contribution is 2.41. The van der Waals surface area contributed by atoms with Crippen LogP contribution in [0.1, 0.15) is 6.92 Å². The van der Waals surface area contributed by atoms with E-state index in [1.807, 2.05) is 6.92 Å². The maximum atomic E-state index is 6.05. The predicted octanol–water partition coefficient (Wildman–Crippen LogP) is 4.06. The Labute approximate surface area is 106 Å². The minimum Gasteiger partial charge on any atom is -0.243 e. The van der Waals surface area contributed by atoms with Crippen LogP contribution in [0.4, 0.5) is 0 Å². The summed E-state index contributed by atoms with van der Waals surface area (Å²) in [5.74, 6) is 0. The highest BCUT2D eigenvalue weighted by atomic mass is 35.5. The van der Waals surface area contributed by atoms with Crippen LogP contribution in [-0.2, 0) is 6.54 Å². The quantitative estimate of drug-likeness (QED) is 0.584. The van der Waals surface area contributed by atoms with Gasteiger partial charge in [-0.3, -0.25) is 0 Å². The maximum Gasteiger partial charge on any atom is 0.134 e. The molecule has 2 rings (SSSR count). The van der Waals surface area contributed by atoms with Gasteiger partial charge in [0.05, 0.1) is 20.1 Å². The Hall–Kier alpha value is -0.220. The molecule has 0 aliphatic carbocycles. The molecular formula is C8H5Cl4N3. The van der Waals surface area contributed by atoms with Gasteiger partial charge in [-0.2, -0.15) is 0 Å². The summed E-state index contributed by atoms with van der Waals surface area (Å²) in [5.41, 5.74) is 1.08. The maximum absolute atomic E-state index is 6.05.